The first-order chi connectivity index (χ1) is 20.2. The topological polar surface area (TPSA) is 131 Å². The highest BCUT2D eigenvalue weighted by atomic mass is 19.4. The van der Waals surface area contributed by atoms with Crippen molar-refractivity contribution in [1.82, 2.24) is 4.98 Å². The maximum Gasteiger partial charge on any atom is 0.573 e. The number of ether oxygens (including phenoxy) is 5. The molecule has 0 aliphatic carbocycles. The number of nitrogens with one attached hydrogen (secondary N) is 1. The molecule has 226 valence electrons. The minimum Gasteiger partial charge on any atom is -0.510 e. The van der Waals surface area contributed by atoms with Gasteiger partial charge in [0, 0.05) is 11.9 Å². The second-order valence-electron chi connectivity index (χ2n) is 8.53. The van der Waals surface area contributed by atoms with Gasteiger partial charge in [0.2, 0.25) is 5.82 Å². The van der Waals surface area contributed by atoms with E-state index in [0.29, 0.717) is 18.2 Å². The fourth-order valence-electron chi connectivity index (χ4n) is 3.43. The molecule has 3 aromatic rings. The van der Waals surface area contributed by atoms with Crippen molar-refractivity contribution in [2.75, 3.05) is 12.4 Å². The van der Waals surface area contributed by atoms with Crippen LogP contribution >= 0.6 is 0 Å². The highest BCUT2D eigenvalue weighted by Gasteiger charge is 2.36. The van der Waals surface area contributed by atoms with Gasteiger partial charge in [-0.2, -0.15) is 4.39 Å². The Kier molecular flexibility index (Phi) is 9.55. The lowest BCUT2D eigenvalue weighted by Crippen LogP contribution is -2.38. The predicted molar refractivity (Wildman–Crippen MR) is 139 cm³/mol. The van der Waals surface area contributed by atoms with Gasteiger partial charge in [-0.05, 0) is 48.1 Å². The number of methoxy groups -OCH3 is 1. The van der Waals surface area contributed by atoms with Crippen molar-refractivity contribution in [3.63, 3.8) is 0 Å². The molecule has 44 heavy (non-hydrogen) atoms. The third-order valence-corrected chi connectivity index (χ3v) is 5.09. The predicted octanol–water partition coefficient (Wildman–Crippen LogP) is 3.97. The molecule has 0 fully saturated rings. The molecule has 6 radical (unpaired) electrons. The number of halogens is 7. The quantitative estimate of drug-likeness (QED) is 0.257. The smallest absolute Gasteiger partial charge is 0.510 e. The summed E-state index contributed by atoms with van der Waals surface area (Å²) >= 11 is 0. The van der Waals surface area contributed by atoms with E-state index in [4.69, 9.17) is 43.5 Å². The van der Waals surface area contributed by atoms with Crippen LogP contribution in [0.4, 0.5) is 36.4 Å². The van der Waals surface area contributed by atoms with E-state index in [2.05, 4.69) is 19.8 Å². The molecule has 0 unspecified atom stereocenters. The Bertz CT molecular complexity index is 1580. The van der Waals surface area contributed by atoms with Crippen LogP contribution in [0.3, 0.4) is 0 Å². The Morgan fingerprint density at radius 3 is 1.95 bits per heavy atom. The largest absolute Gasteiger partial charge is 0.573 e. The summed E-state index contributed by atoms with van der Waals surface area (Å²) in [5.41, 5.74) is 4.26. The Hall–Kier alpha value is -4.77. The van der Waals surface area contributed by atoms with Crippen LogP contribution in [0.5, 0.6) is 34.5 Å². The Morgan fingerprint density at radius 2 is 1.41 bits per heavy atom. The van der Waals surface area contributed by atoms with Gasteiger partial charge in [0.05, 0.1) is 7.11 Å². The maximum atomic E-state index is 15.1. The molecule has 0 bridgehead atoms. The third-order valence-electron chi connectivity index (χ3n) is 5.09. The lowest BCUT2D eigenvalue weighted by Gasteiger charge is -2.26. The van der Waals surface area contributed by atoms with E-state index in [1.807, 2.05) is 0 Å². The highest BCUT2D eigenvalue weighted by Crippen LogP contribution is 2.45. The van der Waals surface area contributed by atoms with Crippen LogP contribution in [0.15, 0.2) is 36.5 Å². The van der Waals surface area contributed by atoms with E-state index >= 15 is 4.39 Å². The molecule has 2 aromatic carbocycles. The van der Waals surface area contributed by atoms with Crippen molar-refractivity contribution in [2.24, 2.45) is 5.73 Å². The van der Waals surface area contributed by atoms with E-state index in [-0.39, 0.29) is 16.9 Å². The normalized spacial score (nSPS) is 11.8. The molecule has 2 amide bonds. The van der Waals surface area contributed by atoms with Gasteiger partial charge in [0.1, 0.15) is 40.5 Å². The number of hydrogen-bond acceptors (Lipinski definition) is 8. The summed E-state index contributed by atoms with van der Waals surface area (Å²) in [5, 5.41) is -0.395. The maximum absolute atomic E-state index is 15.1. The van der Waals surface area contributed by atoms with E-state index in [0.717, 1.165) is 25.4 Å². The first-order valence-corrected chi connectivity index (χ1v) is 11.6. The van der Waals surface area contributed by atoms with Crippen molar-refractivity contribution in [1.29, 1.82) is 0 Å². The van der Waals surface area contributed by atoms with Crippen molar-refractivity contribution in [2.45, 2.75) is 24.9 Å². The van der Waals surface area contributed by atoms with Gasteiger partial charge < -0.3 is 34.7 Å². The van der Waals surface area contributed by atoms with E-state index in [1.165, 1.54) is 6.92 Å². The number of anilines is 1. The molecule has 10 nitrogen and oxygen atoms in total. The summed E-state index contributed by atoms with van der Waals surface area (Å²) in [5.74, 6) is -10.2. The van der Waals surface area contributed by atoms with Crippen LogP contribution in [0.25, 0.3) is 0 Å². The fraction of sp³-hybridized carbons (Fsp3) is 0.208. The number of alkyl halides is 6. The number of aryl methyl sites for hydroxylation is 1. The SMILES string of the molecule is [B]C([B])([B])Oc1c(Oc2ccc(OC(F)(F)F)c(OC)c2C(=O)Nc2cc(C(N)=O)ncc2C)ccc(OC(F)(F)F)c1F. The van der Waals surface area contributed by atoms with Crippen LogP contribution in [0.2, 0.25) is 0 Å². The van der Waals surface area contributed by atoms with Gasteiger partial charge in [-0.1, -0.05) is 0 Å². The van der Waals surface area contributed by atoms with Crippen molar-refractivity contribution in [3.8, 4) is 34.5 Å². The van der Waals surface area contributed by atoms with Crippen LogP contribution in [-0.2, 0) is 0 Å². The van der Waals surface area contributed by atoms with Crippen molar-refractivity contribution < 1.29 is 64.0 Å². The molecular weight excluding hydrogens is 608 g/mol. The molecular formula is C24H15B3F7N3O7. The average molecular weight is 623 g/mol. The summed E-state index contributed by atoms with van der Waals surface area (Å²) in [6, 6.07) is 3.56. The van der Waals surface area contributed by atoms with E-state index in [9.17, 15) is 35.9 Å². The molecule has 1 heterocycles. The van der Waals surface area contributed by atoms with Gasteiger partial charge in [-0.25, -0.2) is 0 Å². The summed E-state index contributed by atoms with van der Waals surface area (Å²) < 4.78 is 116. The lowest BCUT2D eigenvalue weighted by molar-refractivity contribution is -0.276. The highest BCUT2D eigenvalue weighted by molar-refractivity contribution is 6.58. The van der Waals surface area contributed by atoms with Crippen molar-refractivity contribution >= 4 is 41.0 Å². The summed E-state index contributed by atoms with van der Waals surface area (Å²) in [4.78, 5) is 28.8. The number of pyridine rings is 1. The monoisotopic (exact) mass is 623 g/mol. The van der Waals surface area contributed by atoms with Crippen LogP contribution in [0.1, 0.15) is 26.4 Å². The average Bonchev–Trinajstić information content (AvgIpc) is 2.87. The number of carbonyl (C=O) groups is 2. The van der Waals surface area contributed by atoms with Crippen LogP contribution in [0, 0.1) is 12.7 Å². The number of amides is 2. The summed E-state index contributed by atoms with van der Waals surface area (Å²) in [7, 11) is 16.8. The van der Waals surface area contributed by atoms with Gasteiger partial charge in [-0.3, -0.25) is 14.6 Å². The fourth-order valence-corrected chi connectivity index (χ4v) is 3.43. The van der Waals surface area contributed by atoms with Gasteiger partial charge in [-0.15, -0.1) is 26.3 Å². The molecule has 3 rings (SSSR count). The second kappa shape index (κ2) is 12.5. The van der Waals surface area contributed by atoms with Gasteiger partial charge in [0.15, 0.2) is 28.7 Å². The van der Waals surface area contributed by atoms with E-state index in [1.54, 1.807) is 0 Å². The van der Waals surface area contributed by atoms with Crippen LogP contribution in [-0.4, -0.2) is 65.5 Å². The molecule has 1 aromatic heterocycles. The number of aromatic nitrogens is 1. The van der Waals surface area contributed by atoms with Gasteiger partial charge in [0.25, 0.3) is 11.8 Å². The van der Waals surface area contributed by atoms with Gasteiger partial charge >= 0.3 is 12.7 Å². The minimum atomic E-state index is -5.36. The number of hydrogen-bond donors (Lipinski definition) is 2. The molecule has 20 heteroatoms. The number of nitrogens with two attached hydrogens (primary N) is 1. The van der Waals surface area contributed by atoms with Crippen LogP contribution < -0.4 is 34.7 Å². The second-order valence-corrected chi connectivity index (χ2v) is 8.53. The van der Waals surface area contributed by atoms with Crippen molar-refractivity contribution in [3.05, 3.63) is 59.2 Å². The minimum absolute atomic E-state index is 0.0863. The Morgan fingerprint density at radius 1 is 0.864 bits per heavy atom. The molecule has 0 saturated carbocycles. The Balaban J connectivity index is 2.22. The molecule has 0 aliphatic rings. The molecule has 3 N–H and O–H groups in total. The number of nitrogens with zero attached hydrogens (tertiary/aromatic N) is 1. The Labute approximate surface area is 247 Å². The zero-order chi connectivity index (χ0) is 33.2. The molecule has 0 atom stereocenters. The van der Waals surface area contributed by atoms with E-state index < -0.39 is 75.7 Å². The first kappa shape index (κ1) is 33.7. The molecule has 0 aliphatic heterocycles. The lowest BCUT2D eigenvalue weighted by atomic mass is 9.52. The summed E-state index contributed by atoms with van der Waals surface area (Å²) in [6.45, 7) is 1.45. The standard InChI is InChI=1S/C24H15B3F7N3O7/c1-9-8-36-11(20(35)38)7-10(9)37-21(39)16-12(3-6-15(18(16)40-2)43-24(32,33)34)41-14-5-4-13(42-23(29,30)31)17(28)19(14)44-22(25,26)27/h3-8H,1-2H3,(H2,35,38)(H,36,37,39). The summed E-state index contributed by atoms with van der Waals surface area (Å²) in [6.07, 6.45) is -9.48. The molecule has 0 spiro atoms. The number of primary amides is 1. The number of benzene rings is 2. The zero-order valence-electron chi connectivity index (χ0n) is 22.2. The molecule has 0 saturated heterocycles. The number of rotatable bonds is 10. The number of carbonyl (C=O) groups excluding carboxylic acids is 2. The zero-order valence-corrected chi connectivity index (χ0v) is 22.2. The third kappa shape index (κ3) is 8.64. The first-order valence-electron chi connectivity index (χ1n) is 11.6.